The van der Waals surface area contributed by atoms with Gasteiger partial charge in [0.25, 0.3) is 15.9 Å². The van der Waals surface area contributed by atoms with Crippen LogP contribution in [0.1, 0.15) is 26.3 Å². The fraction of sp³-hybridized carbons (Fsp3) is 0. The smallest absolute Gasteiger partial charge is 0.343 e. The lowest BCUT2D eigenvalue weighted by atomic mass is 10.2. The monoisotopic (exact) mass is 421 g/mol. The van der Waals surface area contributed by atoms with Crippen LogP contribution < -0.4 is 15.6 Å². The number of hydrazine groups is 1. The van der Waals surface area contributed by atoms with E-state index in [0.29, 0.717) is 11.1 Å². The van der Waals surface area contributed by atoms with E-state index in [1.165, 1.54) is 30.3 Å². The molecule has 0 unspecified atom stereocenters. The fourth-order valence-electron chi connectivity index (χ4n) is 2.80. The summed E-state index contributed by atoms with van der Waals surface area (Å²) in [5.41, 5.74) is 6.02. The molecule has 0 radical (unpaired) electrons. The molecule has 2 N–H and O–H groups in total. The van der Waals surface area contributed by atoms with E-state index in [1.54, 1.807) is 48.5 Å². The highest BCUT2D eigenvalue weighted by Crippen LogP contribution is 2.24. The lowest BCUT2D eigenvalue weighted by Crippen LogP contribution is -2.41. The Bertz CT molecular complexity index is 1250. The number of amides is 1. The molecule has 4 rings (SSSR count). The van der Waals surface area contributed by atoms with Crippen molar-refractivity contribution in [3.63, 3.8) is 0 Å². The van der Waals surface area contributed by atoms with Gasteiger partial charge < -0.3 is 4.74 Å². The zero-order valence-corrected chi connectivity index (χ0v) is 16.2. The molecule has 8 nitrogen and oxygen atoms in total. The minimum atomic E-state index is -3.78. The van der Waals surface area contributed by atoms with Gasteiger partial charge in [0.15, 0.2) is 5.84 Å². The molecular formula is C21H15N3O5S. The molecule has 0 fully saturated rings. The summed E-state index contributed by atoms with van der Waals surface area (Å²) in [6.45, 7) is 0. The van der Waals surface area contributed by atoms with E-state index >= 15 is 0 Å². The van der Waals surface area contributed by atoms with Crippen molar-refractivity contribution in [1.29, 1.82) is 0 Å². The van der Waals surface area contributed by atoms with Crippen LogP contribution in [0.4, 0.5) is 0 Å². The van der Waals surface area contributed by atoms with Crippen molar-refractivity contribution in [2.24, 2.45) is 4.40 Å². The molecule has 1 amide bonds. The van der Waals surface area contributed by atoms with Crippen LogP contribution in [-0.2, 0) is 10.0 Å². The number of sulfonamides is 1. The number of nitrogens with one attached hydrogen (secondary N) is 2. The van der Waals surface area contributed by atoms with Gasteiger partial charge in [0.2, 0.25) is 0 Å². The summed E-state index contributed by atoms with van der Waals surface area (Å²) >= 11 is 0. The lowest BCUT2D eigenvalue weighted by molar-refractivity contribution is 0.0734. The molecule has 0 saturated carbocycles. The van der Waals surface area contributed by atoms with Gasteiger partial charge in [0.05, 0.1) is 5.56 Å². The Morgan fingerprint density at radius 1 is 0.800 bits per heavy atom. The van der Waals surface area contributed by atoms with E-state index in [4.69, 9.17) is 4.74 Å². The number of fused-ring (bicyclic) bond motifs is 1. The second-order valence-corrected chi connectivity index (χ2v) is 7.84. The van der Waals surface area contributed by atoms with Gasteiger partial charge in [-0.2, -0.15) is 8.42 Å². The molecule has 3 aromatic carbocycles. The molecule has 3 aromatic rings. The van der Waals surface area contributed by atoms with Crippen molar-refractivity contribution in [1.82, 2.24) is 10.9 Å². The molecule has 0 bridgehead atoms. The molecule has 1 heterocycles. The number of hydrogen-bond acceptors (Lipinski definition) is 6. The van der Waals surface area contributed by atoms with Crippen LogP contribution in [0.25, 0.3) is 0 Å². The Hall–Kier alpha value is -3.98. The molecule has 9 heteroatoms. The van der Waals surface area contributed by atoms with Crippen LogP contribution in [-0.4, -0.2) is 26.1 Å². The van der Waals surface area contributed by atoms with E-state index in [2.05, 4.69) is 15.2 Å². The highest BCUT2D eigenvalue weighted by atomic mass is 32.2. The van der Waals surface area contributed by atoms with Crippen LogP contribution in [0.5, 0.6) is 5.75 Å². The minimum Gasteiger partial charge on any atom is -0.423 e. The third-order valence-electron chi connectivity index (χ3n) is 4.26. The second-order valence-electron chi connectivity index (χ2n) is 6.27. The van der Waals surface area contributed by atoms with Gasteiger partial charge in [0, 0.05) is 11.1 Å². The Labute approximate surface area is 172 Å². The normalized spacial score (nSPS) is 13.7. The van der Waals surface area contributed by atoms with Crippen molar-refractivity contribution in [3.8, 4) is 5.75 Å². The van der Waals surface area contributed by atoms with Gasteiger partial charge in [-0.05, 0) is 48.5 Å². The summed E-state index contributed by atoms with van der Waals surface area (Å²) in [4.78, 5) is 24.5. The number of nitrogens with zero attached hydrogens (tertiary/aromatic N) is 1. The third-order valence-corrected chi connectivity index (χ3v) is 5.60. The summed E-state index contributed by atoms with van der Waals surface area (Å²) in [5, 5.41) is 0. The molecule has 30 heavy (non-hydrogen) atoms. The topological polar surface area (TPSA) is 114 Å². The predicted octanol–water partition coefficient (Wildman–Crippen LogP) is 2.29. The van der Waals surface area contributed by atoms with E-state index in [1.807, 2.05) is 0 Å². The molecule has 0 aliphatic carbocycles. The zero-order chi connectivity index (χ0) is 21.1. The van der Waals surface area contributed by atoms with Gasteiger partial charge >= 0.3 is 5.97 Å². The fourth-order valence-corrected chi connectivity index (χ4v) is 3.97. The van der Waals surface area contributed by atoms with Gasteiger partial charge in [-0.25, -0.2) is 4.79 Å². The van der Waals surface area contributed by atoms with E-state index in [-0.39, 0.29) is 22.0 Å². The highest BCUT2D eigenvalue weighted by Gasteiger charge is 2.28. The molecule has 150 valence electrons. The minimum absolute atomic E-state index is 0.0346. The van der Waals surface area contributed by atoms with Gasteiger partial charge in [-0.1, -0.05) is 30.3 Å². The first-order chi connectivity index (χ1) is 14.4. The Morgan fingerprint density at radius 2 is 1.47 bits per heavy atom. The van der Waals surface area contributed by atoms with Crippen LogP contribution in [0.3, 0.4) is 0 Å². The third kappa shape index (κ3) is 3.91. The summed E-state index contributed by atoms with van der Waals surface area (Å²) in [6, 6.07) is 20.8. The SMILES string of the molecule is O=C(NNC1=NS(=O)(=O)c2ccccc21)c1ccc(OC(=O)c2ccccc2)cc1. The van der Waals surface area contributed by atoms with Crippen LogP contribution >= 0.6 is 0 Å². The zero-order valence-electron chi connectivity index (χ0n) is 15.4. The summed E-state index contributed by atoms with van der Waals surface area (Å²) in [7, 11) is -3.78. The molecule has 0 saturated heterocycles. The van der Waals surface area contributed by atoms with Crippen molar-refractivity contribution in [2.45, 2.75) is 4.90 Å². The first-order valence-electron chi connectivity index (χ1n) is 8.82. The van der Waals surface area contributed by atoms with Crippen LogP contribution in [0, 0.1) is 0 Å². The number of carbonyl (C=O) groups excluding carboxylic acids is 2. The second kappa shape index (κ2) is 7.80. The lowest BCUT2D eigenvalue weighted by Gasteiger charge is -2.09. The Kier molecular flexibility index (Phi) is 5.03. The predicted molar refractivity (Wildman–Crippen MR) is 109 cm³/mol. The standard InChI is InChI=1S/C21H15N3O5S/c25-20(23-22-19-17-8-4-5-9-18(17)30(27,28)24-19)14-10-12-16(13-11-14)29-21(26)15-6-2-1-3-7-15/h1-13H,(H,22,24)(H,23,25). The summed E-state index contributed by atoms with van der Waals surface area (Å²) in [5.74, 6) is -0.699. The number of benzene rings is 3. The van der Waals surface area contributed by atoms with Gasteiger partial charge in [0.1, 0.15) is 10.6 Å². The maximum atomic E-state index is 12.3. The maximum Gasteiger partial charge on any atom is 0.343 e. The molecule has 0 spiro atoms. The number of ether oxygens (including phenoxy) is 1. The summed E-state index contributed by atoms with van der Waals surface area (Å²) < 4.78 is 33.0. The van der Waals surface area contributed by atoms with Crippen molar-refractivity contribution < 1.29 is 22.7 Å². The van der Waals surface area contributed by atoms with Crippen molar-refractivity contribution >= 4 is 27.7 Å². The maximum absolute atomic E-state index is 12.3. The average Bonchev–Trinajstić information content (AvgIpc) is 3.03. The number of rotatable bonds is 3. The molecule has 1 aliphatic heterocycles. The van der Waals surface area contributed by atoms with Gasteiger partial charge in [-0.3, -0.25) is 15.6 Å². The quantitative estimate of drug-likeness (QED) is 0.381. The number of amidine groups is 1. The highest BCUT2D eigenvalue weighted by molar-refractivity contribution is 7.90. The Morgan fingerprint density at radius 3 is 2.20 bits per heavy atom. The number of carbonyl (C=O) groups is 2. The van der Waals surface area contributed by atoms with Crippen LogP contribution in [0.2, 0.25) is 0 Å². The average molecular weight is 421 g/mol. The number of esters is 1. The largest absolute Gasteiger partial charge is 0.423 e. The van der Waals surface area contributed by atoms with Crippen molar-refractivity contribution in [3.05, 3.63) is 95.6 Å². The molecule has 0 aromatic heterocycles. The molecular weight excluding hydrogens is 406 g/mol. The van der Waals surface area contributed by atoms with Crippen LogP contribution in [0.15, 0.2) is 88.2 Å². The van der Waals surface area contributed by atoms with E-state index in [9.17, 15) is 18.0 Å². The summed E-state index contributed by atoms with van der Waals surface area (Å²) in [6.07, 6.45) is 0. The van der Waals surface area contributed by atoms with E-state index in [0.717, 1.165) is 0 Å². The number of hydrogen-bond donors (Lipinski definition) is 2. The first kappa shape index (κ1) is 19.3. The van der Waals surface area contributed by atoms with Crippen molar-refractivity contribution in [2.75, 3.05) is 0 Å². The Balaban J connectivity index is 1.40. The molecule has 1 aliphatic rings. The first-order valence-corrected chi connectivity index (χ1v) is 10.3. The van der Waals surface area contributed by atoms with Gasteiger partial charge in [-0.15, -0.1) is 4.40 Å². The van der Waals surface area contributed by atoms with E-state index < -0.39 is 21.9 Å². The molecule has 0 atom stereocenters.